The van der Waals surface area contributed by atoms with Crippen molar-refractivity contribution in [3.05, 3.63) is 39.5 Å². The summed E-state index contributed by atoms with van der Waals surface area (Å²) in [5.74, 6) is -0.292. The molecule has 24 heavy (non-hydrogen) atoms. The van der Waals surface area contributed by atoms with E-state index in [1.54, 1.807) is 0 Å². The number of hydrogen-bond donors (Lipinski definition) is 2. The lowest BCUT2D eigenvalue weighted by Gasteiger charge is -2.22. The molecular weight excluding hydrogens is 372 g/mol. The Morgan fingerprint density at radius 2 is 1.67 bits per heavy atom. The number of carbonyl (C=O) groups is 2. The molecule has 1 aliphatic rings. The van der Waals surface area contributed by atoms with Crippen LogP contribution in [0.25, 0.3) is 0 Å². The van der Waals surface area contributed by atoms with Gasteiger partial charge in [-0.15, -0.1) is 0 Å². The summed E-state index contributed by atoms with van der Waals surface area (Å²) in [6, 6.07) is 4.07. The number of hydrogen-bond acceptors (Lipinski definition) is 4. The molecule has 6 heteroatoms. The van der Waals surface area contributed by atoms with Crippen molar-refractivity contribution in [2.75, 3.05) is 18.5 Å². The lowest BCUT2D eigenvalue weighted by atomic mass is 9.92. The molecule has 2 rings (SSSR count). The van der Waals surface area contributed by atoms with Crippen molar-refractivity contribution in [2.45, 2.75) is 39.5 Å². The van der Waals surface area contributed by atoms with Crippen molar-refractivity contribution < 1.29 is 14.7 Å². The fourth-order valence-electron chi connectivity index (χ4n) is 2.75. The maximum Gasteiger partial charge on any atom is 0.277 e. The first-order valence-corrected chi connectivity index (χ1v) is 8.84. The van der Waals surface area contributed by atoms with Crippen LogP contribution in [0.4, 0.5) is 5.69 Å². The van der Waals surface area contributed by atoms with Crippen LogP contribution in [0.2, 0.25) is 0 Å². The molecule has 0 unspecified atom stereocenters. The van der Waals surface area contributed by atoms with E-state index in [-0.39, 0.29) is 30.7 Å². The molecule has 2 N–H and O–H groups in total. The first-order valence-electron chi connectivity index (χ1n) is 8.05. The number of aliphatic hydroxyl groups is 1. The second kappa shape index (κ2) is 7.49. The van der Waals surface area contributed by atoms with Crippen molar-refractivity contribution in [1.29, 1.82) is 0 Å². The molecule has 130 valence electrons. The average Bonchev–Trinajstić information content (AvgIpc) is 2.76. The lowest BCUT2D eigenvalue weighted by molar-refractivity contribution is -0.137. The van der Waals surface area contributed by atoms with Gasteiger partial charge in [-0.25, -0.2) is 0 Å². The molecular formula is C18H23BrN2O3. The Morgan fingerprint density at radius 3 is 2.12 bits per heavy atom. The Balaban J connectivity index is 2.44. The van der Waals surface area contributed by atoms with Crippen LogP contribution in [0.1, 0.15) is 50.7 Å². The molecule has 0 saturated carbocycles. The van der Waals surface area contributed by atoms with Gasteiger partial charge in [0.2, 0.25) is 0 Å². The van der Waals surface area contributed by atoms with Gasteiger partial charge in [0, 0.05) is 16.2 Å². The standard InChI is InChI=1S/C18H23BrN2O3/c1-10(2)13-7-12(19)8-14(11(3)4)17(13)20-15-9-16(23)21(5-6-22)18(15)24/h7-11,20,22H,5-6H2,1-4H3. The summed E-state index contributed by atoms with van der Waals surface area (Å²) < 4.78 is 0.991. The molecule has 2 amide bonds. The molecule has 0 aromatic heterocycles. The van der Waals surface area contributed by atoms with Crippen molar-refractivity contribution in [2.24, 2.45) is 0 Å². The average molecular weight is 395 g/mol. The quantitative estimate of drug-likeness (QED) is 0.725. The normalized spacial score (nSPS) is 14.8. The second-order valence-corrected chi connectivity index (χ2v) is 7.39. The van der Waals surface area contributed by atoms with Crippen molar-refractivity contribution in [3.8, 4) is 0 Å². The topological polar surface area (TPSA) is 69.6 Å². The molecule has 5 nitrogen and oxygen atoms in total. The van der Waals surface area contributed by atoms with Gasteiger partial charge in [-0.1, -0.05) is 43.6 Å². The molecule has 0 spiro atoms. The summed E-state index contributed by atoms with van der Waals surface area (Å²) in [6.45, 7) is 8.12. The molecule has 0 aliphatic carbocycles. The minimum atomic E-state index is -0.401. The molecule has 1 aromatic rings. The van der Waals surface area contributed by atoms with E-state index in [2.05, 4.69) is 48.9 Å². The number of β-amino-alcohol motifs (C(OH)–C–C–N with tert-alkyl or cyclic N) is 1. The fraction of sp³-hybridized carbons (Fsp3) is 0.444. The Bertz CT molecular complexity index is 666. The van der Waals surface area contributed by atoms with E-state index in [1.807, 2.05) is 12.1 Å². The van der Waals surface area contributed by atoms with Gasteiger partial charge in [0.25, 0.3) is 11.8 Å². The second-order valence-electron chi connectivity index (χ2n) is 6.47. The third-order valence-corrected chi connectivity index (χ3v) is 4.46. The van der Waals surface area contributed by atoms with E-state index >= 15 is 0 Å². The van der Waals surface area contributed by atoms with Crippen molar-refractivity contribution in [1.82, 2.24) is 4.90 Å². The SMILES string of the molecule is CC(C)c1cc(Br)cc(C(C)C)c1NC1=CC(=O)N(CCO)C1=O. The van der Waals surface area contributed by atoms with Gasteiger partial charge in [0.15, 0.2) is 0 Å². The van der Waals surface area contributed by atoms with Gasteiger partial charge in [-0.2, -0.15) is 0 Å². The van der Waals surface area contributed by atoms with Crippen molar-refractivity contribution in [3.63, 3.8) is 0 Å². The molecule has 0 atom stereocenters. The van der Waals surface area contributed by atoms with Gasteiger partial charge in [0.1, 0.15) is 5.70 Å². The zero-order valence-electron chi connectivity index (χ0n) is 14.4. The number of nitrogens with one attached hydrogen (secondary N) is 1. The predicted octanol–water partition coefficient (Wildman–Crippen LogP) is 3.35. The highest BCUT2D eigenvalue weighted by atomic mass is 79.9. The number of halogens is 1. The summed E-state index contributed by atoms with van der Waals surface area (Å²) in [7, 11) is 0. The smallest absolute Gasteiger partial charge is 0.277 e. The van der Waals surface area contributed by atoms with Crippen LogP contribution >= 0.6 is 15.9 Å². The first kappa shape index (κ1) is 18.7. The van der Waals surface area contributed by atoms with E-state index in [0.717, 1.165) is 26.2 Å². The number of nitrogens with zero attached hydrogens (tertiary/aromatic N) is 1. The van der Waals surface area contributed by atoms with Crippen LogP contribution in [0.5, 0.6) is 0 Å². The van der Waals surface area contributed by atoms with E-state index in [1.165, 1.54) is 6.08 Å². The number of aliphatic hydroxyl groups excluding tert-OH is 1. The largest absolute Gasteiger partial charge is 0.395 e. The molecule has 0 saturated heterocycles. The van der Waals surface area contributed by atoms with Crippen LogP contribution in [0, 0.1) is 0 Å². The molecule has 0 bridgehead atoms. The number of carbonyl (C=O) groups excluding carboxylic acids is 2. The summed E-state index contributed by atoms with van der Waals surface area (Å²) in [6.07, 6.45) is 1.30. The maximum atomic E-state index is 12.4. The summed E-state index contributed by atoms with van der Waals surface area (Å²) in [5, 5.41) is 12.2. The molecule has 1 aliphatic heterocycles. The maximum absolute atomic E-state index is 12.4. The number of rotatable bonds is 6. The van der Waals surface area contributed by atoms with Gasteiger partial charge < -0.3 is 10.4 Å². The number of anilines is 1. The van der Waals surface area contributed by atoms with Gasteiger partial charge in [-0.05, 0) is 35.1 Å². The number of imide groups is 1. The van der Waals surface area contributed by atoms with Crippen LogP contribution in [-0.4, -0.2) is 35.0 Å². The summed E-state index contributed by atoms with van der Waals surface area (Å²) in [5.41, 5.74) is 3.28. The van der Waals surface area contributed by atoms with Crippen molar-refractivity contribution >= 4 is 33.4 Å². The molecule has 1 heterocycles. The van der Waals surface area contributed by atoms with E-state index in [4.69, 9.17) is 5.11 Å². The molecule has 0 radical (unpaired) electrons. The van der Waals surface area contributed by atoms with Gasteiger partial charge >= 0.3 is 0 Å². The minimum absolute atomic E-state index is 0.00770. The van der Waals surface area contributed by atoms with E-state index in [0.29, 0.717) is 0 Å². The summed E-state index contributed by atoms with van der Waals surface area (Å²) >= 11 is 3.55. The Kier molecular flexibility index (Phi) is 5.83. The van der Waals surface area contributed by atoms with Crippen LogP contribution in [0.15, 0.2) is 28.4 Å². The number of benzene rings is 1. The lowest BCUT2D eigenvalue weighted by Crippen LogP contribution is -2.34. The third-order valence-electron chi connectivity index (χ3n) is 4.00. The minimum Gasteiger partial charge on any atom is -0.395 e. The zero-order valence-corrected chi connectivity index (χ0v) is 16.0. The Hall–Kier alpha value is -1.66. The van der Waals surface area contributed by atoms with Crippen LogP contribution in [0.3, 0.4) is 0 Å². The fourth-order valence-corrected chi connectivity index (χ4v) is 3.24. The predicted molar refractivity (Wildman–Crippen MR) is 97.8 cm³/mol. The highest BCUT2D eigenvalue weighted by Crippen LogP contribution is 2.36. The summed E-state index contributed by atoms with van der Waals surface area (Å²) in [4.78, 5) is 25.4. The van der Waals surface area contributed by atoms with Crippen LogP contribution in [-0.2, 0) is 9.59 Å². The Morgan fingerprint density at radius 1 is 1.12 bits per heavy atom. The monoisotopic (exact) mass is 394 g/mol. The van der Waals surface area contributed by atoms with E-state index in [9.17, 15) is 9.59 Å². The Labute approximate surface area is 150 Å². The molecule has 1 aromatic carbocycles. The van der Waals surface area contributed by atoms with Crippen LogP contribution < -0.4 is 5.32 Å². The highest BCUT2D eigenvalue weighted by molar-refractivity contribution is 9.10. The number of amides is 2. The first-order chi connectivity index (χ1) is 11.3. The van der Waals surface area contributed by atoms with E-state index < -0.39 is 11.8 Å². The third kappa shape index (κ3) is 3.70. The van der Waals surface area contributed by atoms with Gasteiger partial charge in [0.05, 0.1) is 13.2 Å². The van der Waals surface area contributed by atoms with Gasteiger partial charge in [-0.3, -0.25) is 14.5 Å². The highest BCUT2D eigenvalue weighted by Gasteiger charge is 2.31. The zero-order chi connectivity index (χ0) is 18.0. The molecule has 0 fully saturated rings.